The van der Waals surface area contributed by atoms with Gasteiger partial charge >= 0.3 is 5.97 Å². The topological polar surface area (TPSA) is 26.3 Å². The minimum absolute atomic E-state index is 0.372. The summed E-state index contributed by atoms with van der Waals surface area (Å²) in [4.78, 5) is 10.8. The third-order valence-corrected chi connectivity index (χ3v) is 1.19. The molecule has 0 fully saturated rings. The summed E-state index contributed by atoms with van der Waals surface area (Å²) < 4.78 is 4.66. The molecule has 0 aliphatic carbocycles. The molecular weight excluding hydrogens is 176 g/mol. The maximum absolute atomic E-state index is 10.8. The molecule has 0 unspecified atom stereocenters. The van der Waals surface area contributed by atoms with Gasteiger partial charge in [0.2, 0.25) is 0 Å². The van der Waals surface area contributed by atoms with Crippen molar-refractivity contribution < 1.29 is 9.53 Å². The first-order valence-corrected chi connectivity index (χ1v) is 4.63. The number of allylic oxidation sites excluding steroid dienone is 1. The predicted octanol–water partition coefficient (Wildman–Crippen LogP) is 1.91. The summed E-state index contributed by atoms with van der Waals surface area (Å²) in [6, 6.07) is 0. The van der Waals surface area contributed by atoms with Gasteiger partial charge in [0.1, 0.15) is 0 Å². The van der Waals surface area contributed by atoms with Crippen LogP contribution < -0.4 is 0 Å². The first kappa shape index (κ1) is 12.3. The van der Waals surface area contributed by atoms with Crippen molar-refractivity contribution in [3.8, 4) is 23.7 Å². The maximum atomic E-state index is 10.8. The van der Waals surface area contributed by atoms with E-state index in [4.69, 9.17) is 0 Å². The number of hydrogen-bond donors (Lipinski definition) is 0. The predicted molar refractivity (Wildman–Crippen MR) is 56.2 cm³/mol. The molecule has 0 heterocycles. The smallest absolute Gasteiger partial charge is 0.331 e. The number of rotatable bonds is 3. The third-order valence-electron chi connectivity index (χ3n) is 1.19. The average Bonchev–Trinajstić information content (AvgIpc) is 2.17. The lowest BCUT2D eigenvalue weighted by molar-refractivity contribution is -0.137. The number of esters is 1. The van der Waals surface area contributed by atoms with Crippen LogP contribution in [0.2, 0.25) is 0 Å². The van der Waals surface area contributed by atoms with Crippen molar-refractivity contribution in [3.63, 3.8) is 0 Å². The fourth-order valence-electron chi connectivity index (χ4n) is 0.610. The lowest BCUT2D eigenvalue weighted by atomic mass is 10.3. The summed E-state index contributed by atoms with van der Waals surface area (Å²) in [7, 11) is 0. The van der Waals surface area contributed by atoms with E-state index in [0.29, 0.717) is 6.61 Å². The molecule has 0 aromatic rings. The van der Waals surface area contributed by atoms with Gasteiger partial charge in [-0.25, -0.2) is 4.79 Å². The zero-order valence-corrected chi connectivity index (χ0v) is 8.59. The lowest BCUT2D eigenvalue weighted by Gasteiger charge is -1.91. The fourth-order valence-corrected chi connectivity index (χ4v) is 0.610. The van der Waals surface area contributed by atoms with E-state index in [9.17, 15) is 4.79 Å². The average molecular weight is 190 g/mol. The highest BCUT2D eigenvalue weighted by Crippen LogP contribution is 1.81. The Morgan fingerprint density at radius 1 is 1.36 bits per heavy atom. The monoisotopic (exact) mass is 190 g/mol. The van der Waals surface area contributed by atoms with E-state index in [2.05, 4.69) is 35.3 Å². The second-order valence-electron chi connectivity index (χ2n) is 2.41. The van der Waals surface area contributed by atoms with E-state index in [1.54, 1.807) is 6.92 Å². The minimum atomic E-state index is -0.372. The zero-order valence-electron chi connectivity index (χ0n) is 8.59. The van der Waals surface area contributed by atoms with Crippen molar-refractivity contribution in [1.82, 2.24) is 0 Å². The van der Waals surface area contributed by atoms with Crippen LogP contribution in [-0.2, 0) is 9.53 Å². The Kier molecular flexibility index (Phi) is 8.29. The van der Waals surface area contributed by atoms with Crippen molar-refractivity contribution in [2.24, 2.45) is 0 Å². The summed E-state index contributed by atoms with van der Waals surface area (Å²) >= 11 is 0. The van der Waals surface area contributed by atoms with E-state index < -0.39 is 0 Å². The molecule has 0 aliphatic rings. The summed E-state index contributed by atoms with van der Waals surface area (Å²) in [5.41, 5.74) is 0. The van der Waals surface area contributed by atoms with Crippen LogP contribution >= 0.6 is 0 Å². The largest absolute Gasteiger partial charge is 0.463 e. The molecule has 0 atom stereocenters. The number of carbonyl (C=O) groups excluding carboxylic acids is 1. The number of hydrogen-bond acceptors (Lipinski definition) is 2. The molecule has 0 saturated heterocycles. The number of unbranched alkanes of at least 4 members (excludes halogenated alkanes) is 1. The molecular formula is C12H14O2. The molecule has 2 heteroatoms. The second kappa shape index (κ2) is 9.42. The number of carbonyl (C=O) groups is 1. The standard InChI is InChI=1S/C12H14O2/c1-3-5-6-7-8-9-10-11-12(13)14-4-2/h10-11H,3-5H2,1-2H3/b11-10+. The van der Waals surface area contributed by atoms with Gasteiger partial charge in [0.15, 0.2) is 0 Å². The molecule has 0 saturated carbocycles. The van der Waals surface area contributed by atoms with E-state index in [0.717, 1.165) is 12.8 Å². The van der Waals surface area contributed by atoms with E-state index in [1.165, 1.54) is 12.2 Å². The quantitative estimate of drug-likeness (QED) is 0.386. The fraction of sp³-hybridized carbons (Fsp3) is 0.417. The molecule has 0 N–H and O–H groups in total. The van der Waals surface area contributed by atoms with Crippen molar-refractivity contribution in [3.05, 3.63) is 12.2 Å². The molecule has 0 aliphatic heterocycles. The summed E-state index contributed by atoms with van der Waals surface area (Å²) in [5, 5.41) is 0. The summed E-state index contributed by atoms with van der Waals surface area (Å²) in [6.07, 6.45) is 4.63. The van der Waals surface area contributed by atoms with Gasteiger partial charge in [0.25, 0.3) is 0 Å². The normalized spacial score (nSPS) is 8.43. The van der Waals surface area contributed by atoms with Crippen molar-refractivity contribution in [2.75, 3.05) is 6.61 Å². The molecule has 0 radical (unpaired) electrons. The Morgan fingerprint density at radius 2 is 2.14 bits per heavy atom. The second-order valence-corrected chi connectivity index (χ2v) is 2.41. The molecule has 74 valence electrons. The Hall–Kier alpha value is -1.67. The van der Waals surface area contributed by atoms with Crippen LogP contribution in [0, 0.1) is 23.7 Å². The van der Waals surface area contributed by atoms with Gasteiger partial charge in [-0.15, -0.1) is 0 Å². The van der Waals surface area contributed by atoms with Crippen LogP contribution in [0.25, 0.3) is 0 Å². The van der Waals surface area contributed by atoms with Crippen molar-refractivity contribution in [2.45, 2.75) is 26.7 Å². The van der Waals surface area contributed by atoms with Gasteiger partial charge in [0, 0.05) is 12.5 Å². The van der Waals surface area contributed by atoms with Gasteiger partial charge in [0.05, 0.1) is 6.61 Å². The minimum Gasteiger partial charge on any atom is -0.463 e. The van der Waals surface area contributed by atoms with E-state index >= 15 is 0 Å². The molecule has 2 nitrogen and oxygen atoms in total. The van der Waals surface area contributed by atoms with Crippen LogP contribution in [0.5, 0.6) is 0 Å². The Labute approximate surface area is 85.3 Å². The van der Waals surface area contributed by atoms with E-state index in [1.807, 2.05) is 0 Å². The van der Waals surface area contributed by atoms with Gasteiger partial charge in [-0.1, -0.05) is 18.8 Å². The van der Waals surface area contributed by atoms with Crippen LogP contribution in [0.3, 0.4) is 0 Å². The van der Waals surface area contributed by atoms with Crippen molar-refractivity contribution in [1.29, 1.82) is 0 Å². The van der Waals surface area contributed by atoms with Crippen LogP contribution in [0.4, 0.5) is 0 Å². The lowest BCUT2D eigenvalue weighted by Crippen LogP contribution is -1.98. The molecule has 14 heavy (non-hydrogen) atoms. The van der Waals surface area contributed by atoms with Crippen LogP contribution in [0.1, 0.15) is 26.7 Å². The molecule has 0 rings (SSSR count). The first-order valence-electron chi connectivity index (χ1n) is 4.63. The van der Waals surface area contributed by atoms with Gasteiger partial charge in [-0.3, -0.25) is 0 Å². The highest BCUT2D eigenvalue weighted by atomic mass is 16.5. The Morgan fingerprint density at radius 3 is 2.79 bits per heavy atom. The summed E-state index contributed by atoms with van der Waals surface area (Å²) in [5.74, 6) is 10.4. The van der Waals surface area contributed by atoms with Gasteiger partial charge < -0.3 is 4.74 Å². The third kappa shape index (κ3) is 8.43. The van der Waals surface area contributed by atoms with Crippen molar-refractivity contribution >= 4 is 5.97 Å². The molecule has 0 bridgehead atoms. The molecule has 0 aromatic carbocycles. The first-order chi connectivity index (χ1) is 6.81. The molecule has 0 aromatic heterocycles. The van der Waals surface area contributed by atoms with Gasteiger partial charge in [-0.05, 0) is 31.3 Å². The highest BCUT2D eigenvalue weighted by Gasteiger charge is 1.89. The Bertz CT molecular complexity index is 305. The zero-order chi connectivity index (χ0) is 10.6. The maximum Gasteiger partial charge on any atom is 0.331 e. The van der Waals surface area contributed by atoms with E-state index in [-0.39, 0.29) is 5.97 Å². The molecule has 0 amide bonds. The Balaban J connectivity index is 3.81. The van der Waals surface area contributed by atoms with Crippen LogP contribution in [0.15, 0.2) is 12.2 Å². The summed E-state index contributed by atoms with van der Waals surface area (Å²) in [6.45, 7) is 4.20. The molecule has 0 spiro atoms. The van der Waals surface area contributed by atoms with Crippen LogP contribution in [-0.4, -0.2) is 12.6 Å². The SMILES string of the molecule is CCCC#CC#C/C=C/C(=O)OCC. The highest BCUT2D eigenvalue weighted by molar-refractivity contribution is 5.82. The number of ether oxygens (including phenoxy) is 1. The van der Waals surface area contributed by atoms with Gasteiger partial charge in [-0.2, -0.15) is 0 Å².